The molecule has 0 spiro atoms. The zero-order chi connectivity index (χ0) is 18.1. The van der Waals surface area contributed by atoms with Crippen molar-refractivity contribution >= 4 is 28.5 Å². The van der Waals surface area contributed by atoms with Gasteiger partial charge in [-0.15, -0.1) is 0 Å². The van der Waals surface area contributed by atoms with E-state index in [1.165, 1.54) is 22.8 Å². The van der Waals surface area contributed by atoms with Gasteiger partial charge in [0.1, 0.15) is 11.6 Å². The predicted molar refractivity (Wildman–Crippen MR) is 107 cm³/mol. The van der Waals surface area contributed by atoms with Gasteiger partial charge in [0, 0.05) is 17.6 Å². The van der Waals surface area contributed by atoms with Crippen LogP contribution in [-0.4, -0.2) is 22.3 Å². The third kappa shape index (κ3) is 7.02. The summed E-state index contributed by atoms with van der Waals surface area (Å²) >= 11 is 2.72. The van der Waals surface area contributed by atoms with Gasteiger partial charge in [-0.05, 0) is 32.4 Å². The van der Waals surface area contributed by atoms with Gasteiger partial charge in [-0.1, -0.05) is 47.9 Å². The number of aromatic nitrogens is 2. The highest BCUT2D eigenvalue weighted by Gasteiger charge is 2.24. The van der Waals surface area contributed by atoms with E-state index in [2.05, 4.69) is 16.9 Å². The van der Waals surface area contributed by atoms with E-state index in [4.69, 9.17) is 9.26 Å². The maximum absolute atomic E-state index is 12.8. The second-order valence-electron chi connectivity index (χ2n) is 5.13. The fourth-order valence-corrected chi connectivity index (χ4v) is 8.55. The van der Waals surface area contributed by atoms with E-state index in [0.717, 1.165) is 23.6 Å². The number of para-hydroxylation sites is 1. The van der Waals surface area contributed by atoms with Gasteiger partial charge in [0.05, 0.1) is 12.3 Å². The largest absolute Gasteiger partial charge is 0.439 e. The van der Waals surface area contributed by atoms with Crippen molar-refractivity contribution in [3.63, 3.8) is 0 Å². The summed E-state index contributed by atoms with van der Waals surface area (Å²) in [5.41, 5.74) is 0.778. The molecular formula is C17H23N2O3PS2. The van der Waals surface area contributed by atoms with Crippen LogP contribution in [-0.2, 0) is 14.8 Å². The van der Waals surface area contributed by atoms with E-state index in [1.807, 2.05) is 44.2 Å². The molecular weight excluding hydrogens is 375 g/mol. The molecule has 1 unspecified atom stereocenters. The van der Waals surface area contributed by atoms with Crippen molar-refractivity contribution in [3.8, 4) is 11.6 Å². The second kappa shape index (κ2) is 10.2. The molecule has 1 aromatic carbocycles. The number of hydrogen-bond donors (Lipinski definition) is 0. The Balaban J connectivity index is 2.07. The van der Waals surface area contributed by atoms with Crippen LogP contribution in [0.3, 0.4) is 0 Å². The van der Waals surface area contributed by atoms with Crippen LogP contribution in [0.2, 0.25) is 0 Å². The van der Waals surface area contributed by atoms with Crippen molar-refractivity contribution in [3.05, 3.63) is 47.9 Å². The third-order valence-electron chi connectivity index (χ3n) is 2.94. The Hall–Kier alpha value is -1.01. The molecule has 0 bridgehead atoms. The molecule has 0 saturated heterocycles. The van der Waals surface area contributed by atoms with E-state index < -0.39 is 5.77 Å². The molecule has 0 saturated carbocycles. The molecule has 2 aromatic rings. The van der Waals surface area contributed by atoms with Crippen molar-refractivity contribution in [2.24, 2.45) is 0 Å². The van der Waals surface area contributed by atoms with Crippen LogP contribution in [0.4, 0.5) is 0 Å². The summed E-state index contributed by atoms with van der Waals surface area (Å²) in [5.74, 6) is 0.367. The van der Waals surface area contributed by atoms with Crippen LogP contribution >= 0.6 is 28.5 Å². The summed E-state index contributed by atoms with van der Waals surface area (Å²) in [7, 11) is 0. The topological polar surface area (TPSA) is 61.3 Å². The second-order valence-corrected chi connectivity index (χ2v) is 12.6. The SMILES string of the molecule is CCCSP(=O)(OCC)SCc1cc(Oc2ccccc2)nc(C)n1. The summed E-state index contributed by atoms with van der Waals surface area (Å²) in [6, 6.07) is 11.3. The van der Waals surface area contributed by atoms with E-state index in [9.17, 15) is 4.57 Å². The van der Waals surface area contributed by atoms with Crippen molar-refractivity contribution in [1.29, 1.82) is 0 Å². The van der Waals surface area contributed by atoms with Crippen molar-refractivity contribution in [2.75, 3.05) is 12.4 Å². The van der Waals surface area contributed by atoms with Gasteiger partial charge in [-0.3, -0.25) is 4.57 Å². The molecule has 5 nitrogen and oxygen atoms in total. The molecule has 0 aliphatic rings. The number of benzene rings is 1. The van der Waals surface area contributed by atoms with E-state index in [-0.39, 0.29) is 0 Å². The van der Waals surface area contributed by atoms with E-state index >= 15 is 0 Å². The maximum Gasteiger partial charge on any atom is 0.313 e. The van der Waals surface area contributed by atoms with Crippen LogP contribution in [0.15, 0.2) is 36.4 Å². The first-order chi connectivity index (χ1) is 12.0. The van der Waals surface area contributed by atoms with Crippen LogP contribution < -0.4 is 4.74 Å². The van der Waals surface area contributed by atoms with Crippen molar-refractivity contribution < 1.29 is 13.8 Å². The maximum atomic E-state index is 12.8. The zero-order valence-electron chi connectivity index (χ0n) is 14.7. The highest BCUT2D eigenvalue weighted by molar-refractivity contribution is 8.89. The Kier molecular flexibility index (Phi) is 8.30. The average molecular weight is 398 g/mol. The number of nitrogens with zero attached hydrogens (tertiary/aromatic N) is 2. The molecule has 0 radical (unpaired) electrons. The Morgan fingerprint density at radius 1 is 1.12 bits per heavy atom. The lowest BCUT2D eigenvalue weighted by Gasteiger charge is -2.16. The predicted octanol–water partition coefficient (Wildman–Crippen LogP) is 6.10. The normalized spacial score (nSPS) is 13.4. The summed E-state index contributed by atoms with van der Waals surface area (Å²) in [6.07, 6.45) is 0.962. The van der Waals surface area contributed by atoms with Crippen molar-refractivity contribution in [2.45, 2.75) is 32.9 Å². The highest BCUT2D eigenvalue weighted by atomic mass is 33.1. The minimum atomic E-state index is -2.77. The summed E-state index contributed by atoms with van der Waals surface area (Å²) in [4.78, 5) is 8.73. The van der Waals surface area contributed by atoms with Crippen LogP contribution in [0, 0.1) is 6.92 Å². The molecule has 0 aliphatic carbocycles. The average Bonchev–Trinajstić information content (AvgIpc) is 2.59. The molecule has 1 atom stereocenters. The third-order valence-corrected chi connectivity index (χ3v) is 10.5. The van der Waals surface area contributed by atoms with Gasteiger partial charge in [0.2, 0.25) is 5.88 Å². The van der Waals surface area contributed by atoms with E-state index in [0.29, 0.717) is 24.1 Å². The molecule has 0 aliphatic heterocycles. The lowest BCUT2D eigenvalue weighted by atomic mass is 10.3. The van der Waals surface area contributed by atoms with Gasteiger partial charge in [-0.25, -0.2) is 4.98 Å². The van der Waals surface area contributed by atoms with Crippen LogP contribution in [0.1, 0.15) is 31.8 Å². The Labute approximate surface area is 157 Å². The molecule has 1 aromatic heterocycles. The molecule has 25 heavy (non-hydrogen) atoms. The lowest BCUT2D eigenvalue weighted by molar-refractivity contribution is 0.357. The standard InChI is InChI=1S/C17H23N2O3PS2/c1-4-11-24-23(20,21-5-2)25-13-15-12-17(19-14(3)18-15)22-16-9-7-6-8-10-16/h6-10,12H,4-5,11,13H2,1-3H3. The fourth-order valence-electron chi connectivity index (χ4n) is 1.95. The molecule has 8 heteroatoms. The van der Waals surface area contributed by atoms with Crippen molar-refractivity contribution in [1.82, 2.24) is 9.97 Å². The molecule has 2 rings (SSSR count). The molecule has 0 fully saturated rings. The number of hydrogen-bond acceptors (Lipinski definition) is 7. The first-order valence-electron chi connectivity index (χ1n) is 8.15. The van der Waals surface area contributed by atoms with Gasteiger partial charge < -0.3 is 9.26 Å². The summed E-state index contributed by atoms with van der Waals surface area (Å²) in [5, 5.41) is 0. The summed E-state index contributed by atoms with van der Waals surface area (Å²) in [6.45, 7) is 6.18. The quantitative estimate of drug-likeness (QED) is 0.448. The monoisotopic (exact) mass is 398 g/mol. The van der Waals surface area contributed by atoms with Crippen LogP contribution in [0.25, 0.3) is 0 Å². The number of aryl methyl sites for hydroxylation is 1. The molecule has 1 heterocycles. The smallest absolute Gasteiger partial charge is 0.313 e. The first-order valence-corrected chi connectivity index (χ1v) is 13.0. The molecule has 136 valence electrons. The van der Waals surface area contributed by atoms with E-state index in [1.54, 1.807) is 6.07 Å². The number of ether oxygens (including phenoxy) is 1. The highest BCUT2D eigenvalue weighted by Crippen LogP contribution is 2.70. The van der Waals surface area contributed by atoms with Gasteiger partial charge in [0.25, 0.3) is 0 Å². The van der Waals surface area contributed by atoms with Gasteiger partial charge in [-0.2, -0.15) is 4.98 Å². The zero-order valence-corrected chi connectivity index (χ0v) is 17.2. The number of rotatable bonds is 10. The lowest BCUT2D eigenvalue weighted by Crippen LogP contribution is -1.97. The Morgan fingerprint density at radius 2 is 1.88 bits per heavy atom. The summed E-state index contributed by atoms with van der Waals surface area (Å²) < 4.78 is 24.1. The fraction of sp³-hybridized carbons (Fsp3) is 0.412. The van der Waals surface area contributed by atoms with Gasteiger partial charge >= 0.3 is 5.77 Å². The minimum Gasteiger partial charge on any atom is -0.439 e. The molecule has 0 amide bonds. The van der Waals surface area contributed by atoms with Crippen LogP contribution in [0.5, 0.6) is 11.6 Å². The first kappa shape index (κ1) is 20.3. The minimum absolute atomic E-state index is 0.437. The Morgan fingerprint density at radius 3 is 2.56 bits per heavy atom. The Bertz CT molecular complexity index is 716. The molecule has 0 N–H and O–H groups in total. The van der Waals surface area contributed by atoms with Gasteiger partial charge in [0.15, 0.2) is 0 Å².